The third-order valence-corrected chi connectivity index (χ3v) is 3.83. The Kier molecular flexibility index (Phi) is 3.36. The van der Waals surface area contributed by atoms with Crippen molar-refractivity contribution in [2.75, 3.05) is 6.26 Å². The lowest BCUT2D eigenvalue weighted by Gasteiger charge is -2.04. The molecule has 0 saturated carbocycles. The minimum absolute atomic E-state index is 0.226. The minimum Gasteiger partial charge on any atom is -0.339 e. The molecule has 0 aliphatic carbocycles. The van der Waals surface area contributed by atoms with Crippen molar-refractivity contribution in [3.05, 3.63) is 42.4 Å². The molecule has 0 bridgehead atoms. The molecule has 0 radical (unpaired) electrons. The number of thioether (sulfide) groups is 1. The third-order valence-electron chi connectivity index (χ3n) is 3.06. The van der Waals surface area contributed by atoms with Crippen molar-refractivity contribution in [3.8, 4) is 11.3 Å². The molecule has 3 heterocycles. The molecular formula is C14H10F3N3S. The lowest BCUT2D eigenvalue weighted by molar-refractivity contribution is -0.141. The molecule has 1 N–H and O–H groups in total. The molecule has 0 spiro atoms. The van der Waals surface area contributed by atoms with Gasteiger partial charge in [0.2, 0.25) is 0 Å². The summed E-state index contributed by atoms with van der Waals surface area (Å²) in [6.45, 7) is 0. The Labute approximate surface area is 122 Å². The zero-order valence-corrected chi connectivity index (χ0v) is 11.7. The topological polar surface area (TPSA) is 41.6 Å². The molecule has 7 heteroatoms. The minimum atomic E-state index is -4.44. The lowest BCUT2D eigenvalue weighted by Crippen LogP contribution is -2.07. The van der Waals surface area contributed by atoms with Gasteiger partial charge >= 0.3 is 6.18 Å². The van der Waals surface area contributed by atoms with Crippen molar-refractivity contribution in [3.63, 3.8) is 0 Å². The van der Waals surface area contributed by atoms with Crippen LogP contribution >= 0.6 is 11.8 Å². The van der Waals surface area contributed by atoms with Crippen molar-refractivity contribution >= 4 is 22.8 Å². The zero-order valence-electron chi connectivity index (χ0n) is 10.9. The number of nitrogens with zero attached hydrogens (tertiary/aromatic N) is 2. The second-order valence-electron chi connectivity index (χ2n) is 4.39. The highest BCUT2D eigenvalue weighted by molar-refractivity contribution is 7.98. The van der Waals surface area contributed by atoms with Crippen molar-refractivity contribution < 1.29 is 13.2 Å². The fourth-order valence-electron chi connectivity index (χ4n) is 2.07. The van der Waals surface area contributed by atoms with E-state index in [1.807, 2.05) is 12.3 Å². The summed E-state index contributed by atoms with van der Waals surface area (Å²) >= 11 is 1.52. The number of H-pyrrole nitrogens is 1. The average molecular weight is 309 g/mol. The van der Waals surface area contributed by atoms with E-state index in [2.05, 4.69) is 15.0 Å². The van der Waals surface area contributed by atoms with Crippen LogP contribution in [0.2, 0.25) is 0 Å². The van der Waals surface area contributed by atoms with Gasteiger partial charge in [0.05, 0.1) is 0 Å². The van der Waals surface area contributed by atoms with E-state index in [1.165, 1.54) is 17.8 Å². The Bertz CT molecular complexity index is 796. The molecule has 108 valence electrons. The average Bonchev–Trinajstić information content (AvgIpc) is 2.89. The molecule has 0 aromatic carbocycles. The molecule has 0 unspecified atom stereocenters. The van der Waals surface area contributed by atoms with E-state index in [-0.39, 0.29) is 5.65 Å². The first-order valence-electron chi connectivity index (χ1n) is 6.04. The molecule has 0 atom stereocenters. The van der Waals surface area contributed by atoms with Crippen LogP contribution in [0.1, 0.15) is 5.69 Å². The van der Waals surface area contributed by atoms with Crippen molar-refractivity contribution in [2.45, 2.75) is 11.1 Å². The first kappa shape index (κ1) is 13.9. The molecule has 21 heavy (non-hydrogen) atoms. The highest BCUT2D eigenvalue weighted by atomic mass is 32.2. The van der Waals surface area contributed by atoms with Crippen LogP contribution in [0, 0.1) is 0 Å². The van der Waals surface area contributed by atoms with Crippen molar-refractivity contribution in [1.82, 2.24) is 15.0 Å². The third kappa shape index (κ3) is 2.61. The first-order chi connectivity index (χ1) is 9.99. The van der Waals surface area contributed by atoms with Crippen LogP contribution in [-0.4, -0.2) is 21.2 Å². The predicted molar refractivity (Wildman–Crippen MR) is 76.1 cm³/mol. The van der Waals surface area contributed by atoms with E-state index in [1.54, 1.807) is 18.5 Å². The maximum absolute atomic E-state index is 12.7. The largest absolute Gasteiger partial charge is 0.433 e. The molecule has 0 saturated heterocycles. The van der Waals surface area contributed by atoms with Crippen molar-refractivity contribution in [1.29, 1.82) is 0 Å². The van der Waals surface area contributed by atoms with Crippen LogP contribution in [0.25, 0.3) is 22.3 Å². The number of aromatic amines is 1. The van der Waals surface area contributed by atoms with Crippen LogP contribution in [0.5, 0.6) is 0 Å². The Morgan fingerprint density at radius 3 is 2.71 bits per heavy atom. The van der Waals surface area contributed by atoms with E-state index in [0.717, 1.165) is 22.2 Å². The van der Waals surface area contributed by atoms with Gasteiger partial charge in [-0.2, -0.15) is 13.2 Å². The van der Waals surface area contributed by atoms with Gasteiger partial charge < -0.3 is 4.98 Å². The van der Waals surface area contributed by atoms with Gasteiger partial charge in [-0.3, -0.25) is 4.98 Å². The SMILES string of the molecule is CSc1cnccc1-c1cc2ccc(C(F)(F)F)nc2[nH]1. The number of halogens is 3. The Balaban J connectivity index is 2.13. The number of alkyl halides is 3. The van der Waals surface area contributed by atoms with Gasteiger partial charge in [-0.25, -0.2) is 4.98 Å². The Morgan fingerprint density at radius 2 is 2.00 bits per heavy atom. The molecule has 0 fully saturated rings. The summed E-state index contributed by atoms with van der Waals surface area (Å²) in [5, 5.41) is 0.641. The van der Waals surface area contributed by atoms with E-state index in [9.17, 15) is 13.2 Å². The summed E-state index contributed by atoms with van der Waals surface area (Å²) in [5.74, 6) is 0. The van der Waals surface area contributed by atoms with Crippen LogP contribution in [0.4, 0.5) is 13.2 Å². The molecule has 3 aromatic heterocycles. The van der Waals surface area contributed by atoms with Gasteiger partial charge in [0, 0.05) is 33.9 Å². The number of fused-ring (bicyclic) bond motifs is 1. The smallest absolute Gasteiger partial charge is 0.339 e. The van der Waals surface area contributed by atoms with Gasteiger partial charge in [-0.05, 0) is 30.5 Å². The normalized spacial score (nSPS) is 12.0. The maximum Gasteiger partial charge on any atom is 0.433 e. The van der Waals surface area contributed by atoms with E-state index in [0.29, 0.717) is 5.39 Å². The molecule has 3 rings (SSSR count). The molecule has 0 aliphatic rings. The second kappa shape index (κ2) is 5.07. The van der Waals surface area contributed by atoms with Gasteiger partial charge in [-0.1, -0.05) is 0 Å². The van der Waals surface area contributed by atoms with E-state index in [4.69, 9.17) is 0 Å². The van der Waals surface area contributed by atoms with Crippen LogP contribution < -0.4 is 0 Å². The fraction of sp³-hybridized carbons (Fsp3) is 0.143. The molecular weight excluding hydrogens is 299 g/mol. The molecule has 3 aromatic rings. The summed E-state index contributed by atoms with van der Waals surface area (Å²) in [5.41, 5.74) is 0.944. The maximum atomic E-state index is 12.7. The Morgan fingerprint density at radius 1 is 1.19 bits per heavy atom. The fourth-order valence-corrected chi connectivity index (χ4v) is 2.64. The number of nitrogens with one attached hydrogen (secondary N) is 1. The van der Waals surface area contributed by atoms with Gasteiger partial charge in [0.25, 0.3) is 0 Å². The van der Waals surface area contributed by atoms with Gasteiger partial charge in [0.1, 0.15) is 11.3 Å². The highest BCUT2D eigenvalue weighted by Crippen LogP contribution is 2.32. The summed E-state index contributed by atoms with van der Waals surface area (Å²) in [4.78, 5) is 11.6. The van der Waals surface area contributed by atoms with Crippen LogP contribution in [0.15, 0.2) is 41.6 Å². The molecule has 3 nitrogen and oxygen atoms in total. The van der Waals surface area contributed by atoms with Crippen LogP contribution in [-0.2, 0) is 6.18 Å². The van der Waals surface area contributed by atoms with Crippen LogP contribution in [0.3, 0.4) is 0 Å². The molecule has 0 amide bonds. The summed E-state index contributed by atoms with van der Waals surface area (Å²) in [6, 6.07) is 6.02. The van der Waals surface area contributed by atoms with Crippen molar-refractivity contribution in [2.24, 2.45) is 0 Å². The van der Waals surface area contributed by atoms with E-state index >= 15 is 0 Å². The molecule has 0 aliphatic heterocycles. The number of pyridine rings is 2. The number of hydrogen-bond acceptors (Lipinski definition) is 3. The first-order valence-corrected chi connectivity index (χ1v) is 7.27. The predicted octanol–water partition coefficient (Wildman–Crippen LogP) is 4.37. The number of rotatable bonds is 2. The summed E-state index contributed by atoms with van der Waals surface area (Å²) in [7, 11) is 0. The lowest BCUT2D eigenvalue weighted by atomic mass is 10.2. The number of aromatic nitrogens is 3. The monoisotopic (exact) mass is 309 g/mol. The quantitative estimate of drug-likeness (QED) is 0.715. The zero-order chi connectivity index (χ0) is 15.0. The standard InChI is InChI=1S/C14H10F3N3S/c1-21-11-7-18-5-4-9(11)10-6-8-2-3-12(14(15,16)17)20-13(8)19-10/h2-7H,1H3,(H,19,20). The van der Waals surface area contributed by atoms with Gasteiger partial charge in [0.15, 0.2) is 0 Å². The Hall–Kier alpha value is -2.02. The van der Waals surface area contributed by atoms with E-state index < -0.39 is 11.9 Å². The summed E-state index contributed by atoms with van der Waals surface area (Å²) in [6.07, 6.45) is 0.846. The second-order valence-corrected chi connectivity index (χ2v) is 5.24. The number of hydrogen-bond donors (Lipinski definition) is 1. The summed E-state index contributed by atoms with van der Waals surface area (Å²) < 4.78 is 38.0. The van der Waals surface area contributed by atoms with Gasteiger partial charge in [-0.15, -0.1) is 11.8 Å². The highest BCUT2D eigenvalue weighted by Gasteiger charge is 2.32.